The molecule has 0 amide bonds. The number of nitrogens with one attached hydrogen (secondary N) is 1. The summed E-state index contributed by atoms with van der Waals surface area (Å²) in [5, 5.41) is 3.74. The lowest BCUT2D eigenvalue weighted by Crippen LogP contribution is -2.42. The zero-order valence-corrected chi connectivity index (χ0v) is 13.0. The van der Waals surface area contributed by atoms with E-state index >= 15 is 0 Å². The van der Waals surface area contributed by atoms with Gasteiger partial charge >= 0.3 is 0 Å². The Hall–Kier alpha value is -1.02. The molecular formula is C18H28N2. The Bertz CT molecular complexity index is 455. The number of hydrogen-bond donors (Lipinski definition) is 1. The van der Waals surface area contributed by atoms with Crippen LogP contribution in [0.3, 0.4) is 0 Å². The zero-order valence-electron chi connectivity index (χ0n) is 13.0. The van der Waals surface area contributed by atoms with Gasteiger partial charge in [-0.1, -0.05) is 26.3 Å². The van der Waals surface area contributed by atoms with Gasteiger partial charge in [0.15, 0.2) is 0 Å². The van der Waals surface area contributed by atoms with Crippen molar-refractivity contribution in [1.82, 2.24) is 5.32 Å². The molecule has 1 fully saturated rings. The van der Waals surface area contributed by atoms with Crippen molar-refractivity contribution in [3.8, 4) is 0 Å². The standard InChI is InChI=1S/C18H28N2/c1-3-14(2)18-13-20(11-5-10-19-18)17-9-8-15-6-4-7-16(15)12-17/h8-9,12,14,18-19H,3-7,10-11,13H2,1-2H3. The molecule has 1 saturated heterocycles. The van der Waals surface area contributed by atoms with E-state index in [9.17, 15) is 0 Å². The molecule has 1 N–H and O–H groups in total. The zero-order chi connectivity index (χ0) is 13.9. The van der Waals surface area contributed by atoms with Crippen LogP contribution in [0.1, 0.15) is 44.2 Å². The molecule has 0 spiro atoms. The number of nitrogens with zero attached hydrogens (tertiary/aromatic N) is 1. The highest BCUT2D eigenvalue weighted by Gasteiger charge is 2.22. The first-order valence-electron chi connectivity index (χ1n) is 8.38. The third-order valence-corrected chi connectivity index (χ3v) is 5.21. The number of aryl methyl sites for hydroxylation is 2. The molecule has 0 bridgehead atoms. The Morgan fingerprint density at radius 3 is 2.95 bits per heavy atom. The molecule has 0 radical (unpaired) electrons. The van der Waals surface area contributed by atoms with Gasteiger partial charge in [0.1, 0.15) is 0 Å². The van der Waals surface area contributed by atoms with Gasteiger partial charge in [-0.15, -0.1) is 0 Å². The molecular weight excluding hydrogens is 244 g/mol. The normalized spacial score (nSPS) is 24.3. The highest BCUT2D eigenvalue weighted by atomic mass is 15.2. The number of benzene rings is 1. The van der Waals surface area contributed by atoms with Crippen molar-refractivity contribution in [3.63, 3.8) is 0 Å². The molecule has 1 heterocycles. The first-order valence-corrected chi connectivity index (χ1v) is 8.38. The van der Waals surface area contributed by atoms with Crippen LogP contribution in [0.15, 0.2) is 18.2 Å². The van der Waals surface area contributed by atoms with Crippen LogP contribution in [0, 0.1) is 5.92 Å². The van der Waals surface area contributed by atoms with Crippen molar-refractivity contribution in [1.29, 1.82) is 0 Å². The Balaban J connectivity index is 1.77. The lowest BCUT2D eigenvalue weighted by Gasteiger charge is -2.30. The maximum atomic E-state index is 3.74. The van der Waals surface area contributed by atoms with Crippen LogP contribution in [0.2, 0.25) is 0 Å². The van der Waals surface area contributed by atoms with E-state index in [0.717, 1.165) is 19.0 Å². The van der Waals surface area contributed by atoms with Crippen LogP contribution in [0.5, 0.6) is 0 Å². The monoisotopic (exact) mass is 272 g/mol. The predicted molar refractivity (Wildman–Crippen MR) is 86.5 cm³/mol. The average molecular weight is 272 g/mol. The van der Waals surface area contributed by atoms with Gasteiger partial charge in [0.2, 0.25) is 0 Å². The third kappa shape index (κ3) is 2.85. The van der Waals surface area contributed by atoms with Gasteiger partial charge < -0.3 is 10.2 Å². The molecule has 2 unspecified atom stereocenters. The van der Waals surface area contributed by atoms with Crippen molar-refractivity contribution in [3.05, 3.63) is 29.3 Å². The van der Waals surface area contributed by atoms with Gasteiger partial charge in [-0.05, 0) is 61.4 Å². The molecule has 0 saturated carbocycles. The molecule has 2 nitrogen and oxygen atoms in total. The summed E-state index contributed by atoms with van der Waals surface area (Å²) >= 11 is 0. The predicted octanol–water partition coefficient (Wildman–Crippen LogP) is 3.39. The molecule has 1 aromatic rings. The van der Waals surface area contributed by atoms with E-state index in [1.807, 2.05) is 0 Å². The van der Waals surface area contributed by atoms with Gasteiger partial charge in [-0.3, -0.25) is 0 Å². The number of rotatable bonds is 3. The van der Waals surface area contributed by atoms with Gasteiger partial charge in [-0.25, -0.2) is 0 Å². The number of anilines is 1. The van der Waals surface area contributed by atoms with E-state index < -0.39 is 0 Å². The summed E-state index contributed by atoms with van der Waals surface area (Å²) in [6.07, 6.45) is 6.42. The topological polar surface area (TPSA) is 15.3 Å². The fourth-order valence-corrected chi connectivity index (χ4v) is 3.61. The smallest absolute Gasteiger partial charge is 0.0369 e. The van der Waals surface area contributed by atoms with Crippen LogP contribution in [0.4, 0.5) is 5.69 Å². The minimum atomic E-state index is 0.635. The SMILES string of the molecule is CCC(C)C1CN(c2ccc3c(c2)CCC3)CCCN1. The molecule has 2 aliphatic rings. The fourth-order valence-electron chi connectivity index (χ4n) is 3.61. The molecule has 110 valence electrons. The summed E-state index contributed by atoms with van der Waals surface area (Å²) in [6.45, 7) is 8.20. The maximum absolute atomic E-state index is 3.74. The minimum Gasteiger partial charge on any atom is -0.370 e. The van der Waals surface area contributed by atoms with E-state index in [4.69, 9.17) is 0 Å². The Morgan fingerprint density at radius 2 is 2.10 bits per heavy atom. The van der Waals surface area contributed by atoms with Crippen molar-refractivity contribution in [2.45, 2.75) is 52.0 Å². The molecule has 2 heteroatoms. The van der Waals surface area contributed by atoms with Gasteiger partial charge in [0.05, 0.1) is 0 Å². The van der Waals surface area contributed by atoms with E-state index in [2.05, 4.69) is 42.3 Å². The summed E-state index contributed by atoms with van der Waals surface area (Å²) in [4.78, 5) is 2.61. The average Bonchev–Trinajstić information content (AvgIpc) is 2.81. The number of hydrogen-bond acceptors (Lipinski definition) is 2. The summed E-state index contributed by atoms with van der Waals surface area (Å²) < 4.78 is 0. The number of fused-ring (bicyclic) bond motifs is 1. The molecule has 1 aliphatic carbocycles. The van der Waals surface area contributed by atoms with Crippen LogP contribution >= 0.6 is 0 Å². The third-order valence-electron chi connectivity index (χ3n) is 5.21. The maximum Gasteiger partial charge on any atom is 0.0369 e. The quantitative estimate of drug-likeness (QED) is 0.907. The lowest BCUT2D eigenvalue weighted by atomic mass is 9.98. The molecule has 2 atom stereocenters. The summed E-state index contributed by atoms with van der Waals surface area (Å²) in [5.41, 5.74) is 4.63. The highest BCUT2D eigenvalue weighted by Crippen LogP contribution is 2.28. The first kappa shape index (κ1) is 13.9. The lowest BCUT2D eigenvalue weighted by molar-refractivity contribution is 0.384. The van der Waals surface area contributed by atoms with E-state index in [1.165, 1.54) is 44.3 Å². The van der Waals surface area contributed by atoms with Crippen LogP contribution in [-0.4, -0.2) is 25.7 Å². The van der Waals surface area contributed by atoms with Crippen LogP contribution in [0.25, 0.3) is 0 Å². The van der Waals surface area contributed by atoms with Crippen molar-refractivity contribution < 1.29 is 0 Å². The van der Waals surface area contributed by atoms with Crippen LogP contribution in [-0.2, 0) is 12.8 Å². The van der Waals surface area contributed by atoms with Gasteiger partial charge in [0.25, 0.3) is 0 Å². The molecule has 3 rings (SSSR count). The largest absolute Gasteiger partial charge is 0.370 e. The minimum absolute atomic E-state index is 0.635. The molecule has 20 heavy (non-hydrogen) atoms. The van der Waals surface area contributed by atoms with E-state index in [0.29, 0.717) is 6.04 Å². The Labute approximate surface area is 123 Å². The second kappa shape index (κ2) is 6.17. The van der Waals surface area contributed by atoms with Crippen LogP contribution < -0.4 is 10.2 Å². The second-order valence-corrected chi connectivity index (χ2v) is 6.55. The van der Waals surface area contributed by atoms with E-state index in [1.54, 1.807) is 11.1 Å². The Morgan fingerprint density at radius 1 is 1.25 bits per heavy atom. The molecule has 0 aromatic heterocycles. The fraction of sp³-hybridized carbons (Fsp3) is 0.667. The summed E-state index contributed by atoms with van der Waals surface area (Å²) in [5.74, 6) is 0.755. The molecule has 1 aliphatic heterocycles. The van der Waals surface area contributed by atoms with Crippen molar-refractivity contribution >= 4 is 5.69 Å². The summed E-state index contributed by atoms with van der Waals surface area (Å²) in [7, 11) is 0. The summed E-state index contributed by atoms with van der Waals surface area (Å²) in [6, 6.07) is 7.81. The van der Waals surface area contributed by atoms with Crippen molar-refractivity contribution in [2.75, 3.05) is 24.5 Å². The van der Waals surface area contributed by atoms with Crippen molar-refractivity contribution in [2.24, 2.45) is 5.92 Å². The van der Waals surface area contributed by atoms with Gasteiger partial charge in [-0.2, -0.15) is 0 Å². The Kier molecular flexibility index (Phi) is 4.30. The van der Waals surface area contributed by atoms with Gasteiger partial charge in [0, 0.05) is 24.8 Å². The highest BCUT2D eigenvalue weighted by molar-refractivity contribution is 5.52. The molecule has 1 aromatic carbocycles. The first-order chi connectivity index (χ1) is 9.78. The second-order valence-electron chi connectivity index (χ2n) is 6.55. The van der Waals surface area contributed by atoms with E-state index in [-0.39, 0.29) is 0 Å².